The Morgan fingerprint density at radius 1 is 1.26 bits per heavy atom. The third-order valence-electron chi connectivity index (χ3n) is 6.43. The number of Topliss-reactive ketones (excluding diaryl/α,β-unsaturated/α-hetero) is 1. The van der Waals surface area contributed by atoms with Gasteiger partial charge in [0.05, 0.1) is 18.5 Å². The minimum atomic E-state index is -0.460. The van der Waals surface area contributed by atoms with Crippen LogP contribution >= 0.6 is 27.5 Å². The molecule has 0 saturated heterocycles. The number of halogens is 3. The first kappa shape index (κ1) is 26.3. The molecule has 5 nitrogen and oxygen atoms in total. The molecular weight excluding hydrogens is 533 g/mol. The Kier molecular flexibility index (Phi) is 8.97. The van der Waals surface area contributed by atoms with Crippen LogP contribution in [0.2, 0.25) is 5.02 Å². The van der Waals surface area contributed by atoms with Crippen molar-refractivity contribution in [2.24, 2.45) is 5.92 Å². The number of fused-ring (bicyclic) bond motifs is 1. The molecule has 8 heteroatoms. The fourth-order valence-corrected chi connectivity index (χ4v) is 4.96. The van der Waals surface area contributed by atoms with Crippen molar-refractivity contribution in [2.45, 2.75) is 45.1 Å². The Bertz CT molecular complexity index is 1190. The van der Waals surface area contributed by atoms with Crippen LogP contribution in [0, 0.1) is 11.7 Å². The van der Waals surface area contributed by atoms with Crippen molar-refractivity contribution in [3.63, 3.8) is 0 Å². The first-order valence-electron chi connectivity index (χ1n) is 12.2. The van der Waals surface area contributed by atoms with Gasteiger partial charge in [-0.15, -0.1) is 0 Å². The summed E-state index contributed by atoms with van der Waals surface area (Å²) in [5, 5.41) is 0.519. The summed E-state index contributed by atoms with van der Waals surface area (Å²) in [6.45, 7) is 2.30. The third kappa shape index (κ3) is 6.91. The van der Waals surface area contributed by atoms with E-state index in [1.165, 1.54) is 0 Å². The van der Waals surface area contributed by atoms with Gasteiger partial charge in [-0.25, -0.2) is 9.37 Å². The lowest BCUT2D eigenvalue weighted by molar-refractivity contribution is 0.0738. The Labute approximate surface area is 219 Å². The molecule has 0 unspecified atom stereocenters. The van der Waals surface area contributed by atoms with Gasteiger partial charge in [0.2, 0.25) is 0 Å². The molecule has 0 bridgehead atoms. The summed E-state index contributed by atoms with van der Waals surface area (Å²) in [6, 6.07) is 7.28. The second-order valence-corrected chi connectivity index (χ2v) is 11.0. The van der Waals surface area contributed by atoms with Crippen molar-refractivity contribution < 1.29 is 13.9 Å². The molecule has 4 rings (SSSR count). The molecular formula is C27H32BrClFN3O2. The van der Waals surface area contributed by atoms with Gasteiger partial charge in [0.25, 0.3) is 0 Å². The molecule has 1 fully saturated rings. The van der Waals surface area contributed by atoms with E-state index in [0.29, 0.717) is 34.2 Å². The van der Waals surface area contributed by atoms with E-state index in [0.717, 1.165) is 55.2 Å². The van der Waals surface area contributed by atoms with Crippen LogP contribution in [0.4, 0.5) is 4.39 Å². The molecule has 3 aromatic rings. The predicted octanol–water partition coefficient (Wildman–Crippen LogP) is 6.52. The monoisotopic (exact) mass is 563 g/mol. The van der Waals surface area contributed by atoms with E-state index in [1.807, 2.05) is 16.7 Å². The smallest absolute Gasteiger partial charge is 0.188 e. The van der Waals surface area contributed by atoms with Crippen LogP contribution in [0.25, 0.3) is 11.0 Å². The zero-order valence-electron chi connectivity index (χ0n) is 20.3. The third-order valence-corrected chi connectivity index (χ3v) is 7.27. The maximum absolute atomic E-state index is 15.9. The number of ketones is 1. The Balaban J connectivity index is 1.62. The molecule has 1 heterocycles. The minimum absolute atomic E-state index is 0.0544. The second kappa shape index (κ2) is 12.0. The van der Waals surface area contributed by atoms with Gasteiger partial charge in [-0.3, -0.25) is 4.79 Å². The Hall–Kier alpha value is -1.80. The molecule has 2 aromatic carbocycles. The lowest BCUT2D eigenvalue weighted by Crippen LogP contribution is -2.15. The number of unbranched alkanes of at least 4 members (excludes halogenated alkanes) is 2. The number of ether oxygens (including phenoxy) is 1. The number of aromatic nitrogens is 2. The number of aryl methyl sites for hydroxylation is 1. The lowest BCUT2D eigenvalue weighted by Gasteiger charge is -2.14. The van der Waals surface area contributed by atoms with Crippen molar-refractivity contribution in [3.05, 3.63) is 62.6 Å². The van der Waals surface area contributed by atoms with Crippen molar-refractivity contribution in [3.8, 4) is 0 Å². The molecule has 35 heavy (non-hydrogen) atoms. The predicted molar refractivity (Wildman–Crippen MR) is 142 cm³/mol. The molecule has 1 aromatic heterocycles. The van der Waals surface area contributed by atoms with Crippen LogP contribution in [0.1, 0.15) is 53.6 Å². The van der Waals surface area contributed by atoms with Crippen LogP contribution < -0.4 is 0 Å². The van der Waals surface area contributed by atoms with Gasteiger partial charge in [0.1, 0.15) is 12.1 Å². The fraction of sp³-hybridized carbons (Fsp3) is 0.481. The van der Waals surface area contributed by atoms with Gasteiger partial charge in [-0.05, 0) is 76.0 Å². The SMILES string of the molecule is CN(C)CCCCCn1cnc2c(F)c(Cc3ccc(Br)cc3Cl)c(C(=O)COCC3CC3)cc21. The fourth-order valence-electron chi connectivity index (χ4n) is 4.22. The van der Waals surface area contributed by atoms with E-state index in [2.05, 4.69) is 39.9 Å². The highest BCUT2D eigenvalue weighted by Crippen LogP contribution is 2.31. The van der Waals surface area contributed by atoms with Crippen molar-refractivity contribution in [1.29, 1.82) is 0 Å². The summed E-state index contributed by atoms with van der Waals surface area (Å²) in [6.07, 6.45) is 7.31. The molecule has 1 aliphatic carbocycles. The highest BCUT2D eigenvalue weighted by molar-refractivity contribution is 9.10. The van der Waals surface area contributed by atoms with Crippen molar-refractivity contribution in [1.82, 2.24) is 14.5 Å². The number of carbonyl (C=O) groups is 1. The normalized spacial score (nSPS) is 13.8. The van der Waals surface area contributed by atoms with Gasteiger partial charge in [0, 0.05) is 33.6 Å². The molecule has 0 spiro atoms. The van der Waals surface area contributed by atoms with Gasteiger partial charge in [-0.1, -0.05) is 40.0 Å². The van der Waals surface area contributed by atoms with Crippen LogP contribution in [0.15, 0.2) is 35.1 Å². The first-order valence-corrected chi connectivity index (χ1v) is 13.4. The number of hydrogen-bond donors (Lipinski definition) is 0. The molecule has 1 aliphatic rings. The first-order chi connectivity index (χ1) is 16.8. The van der Waals surface area contributed by atoms with E-state index in [1.54, 1.807) is 18.5 Å². The maximum atomic E-state index is 15.9. The Morgan fingerprint density at radius 2 is 2.06 bits per heavy atom. The van der Waals surface area contributed by atoms with Crippen LogP contribution in [0.5, 0.6) is 0 Å². The summed E-state index contributed by atoms with van der Waals surface area (Å²) in [4.78, 5) is 19.8. The molecule has 1 saturated carbocycles. The largest absolute Gasteiger partial charge is 0.373 e. The standard InChI is InChI=1S/C27H32BrClFN3O2/c1-32(2)10-4-3-5-11-33-17-31-27-24(33)14-21(25(34)16-35-15-18-6-7-18)22(26(27)30)12-19-8-9-20(28)13-23(19)29/h8-9,13-14,17-18H,3-7,10-12,15-16H2,1-2H3. The molecule has 0 atom stereocenters. The number of nitrogens with zero attached hydrogens (tertiary/aromatic N) is 3. The highest BCUT2D eigenvalue weighted by atomic mass is 79.9. The lowest BCUT2D eigenvalue weighted by atomic mass is 9.95. The zero-order valence-corrected chi connectivity index (χ0v) is 22.7. The van der Waals surface area contributed by atoms with Gasteiger partial charge in [-0.2, -0.15) is 0 Å². The van der Waals surface area contributed by atoms with Crippen LogP contribution in [-0.4, -0.2) is 54.1 Å². The number of rotatable bonds is 13. The number of imidazole rings is 1. The van der Waals surface area contributed by atoms with E-state index in [9.17, 15) is 4.79 Å². The molecule has 0 aliphatic heterocycles. The molecule has 0 radical (unpaired) electrons. The van der Waals surface area contributed by atoms with E-state index < -0.39 is 5.82 Å². The topological polar surface area (TPSA) is 47.4 Å². The molecule has 0 amide bonds. The maximum Gasteiger partial charge on any atom is 0.188 e. The summed E-state index contributed by atoms with van der Waals surface area (Å²) >= 11 is 9.84. The summed E-state index contributed by atoms with van der Waals surface area (Å²) in [5.41, 5.74) is 2.35. The average Bonchev–Trinajstić information content (AvgIpc) is 3.54. The summed E-state index contributed by atoms with van der Waals surface area (Å²) in [7, 11) is 4.14. The van der Waals surface area contributed by atoms with E-state index in [-0.39, 0.29) is 24.3 Å². The van der Waals surface area contributed by atoms with E-state index >= 15 is 4.39 Å². The van der Waals surface area contributed by atoms with Crippen LogP contribution in [-0.2, 0) is 17.7 Å². The summed E-state index contributed by atoms with van der Waals surface area (Å²) in [5.74, 6) is -0.121. The quantitative estimate of drug-likeness (QED) is 0.175. The zero-order chi connectivity index (χ0) is 24.9. The minimum Gasteiger partial charge on any atom is -0.373 e. The van der Waals surface area contributed by atoms with Crippen molar-refractivity contribution in [2.75, 3.05) is 33.9 Å². The number of hydrogen-bond acceptors (Lipinski definition) is 4. The second-order valence-electron chi connectivity index (χ2n) is 9.68. The average molecular weight is 565 g/mol. The van der Waals surface area contributed by atoms with Crippen molar-refractivity contribution >= 4 is 44.3 Å². The number of benzene rings is 2. The Morgan fingerprint density at radius 3 is 2.77 bits per heavy atom. The van der Waals surface area contributed by atoms with E-state index in [4.69, 9.17) is 16.3 Å². The summed E-state index contributed by atoms with van der Waals surface area (Å²) < 4.78 is 24.3. The van der Waals surface area contributed by atoms with Crippen LogP contribution in [0.3, 0.4) is 0 Å². The molecule has 0 N–H and O–H groups in total. The highest BCUT2D eigenvalue weighted by Gasteiger charge is 2.25. The molecule has 188 valence electrons. The number of carbonyl (C=O) groups excluding carboxylic acids is 1. The van der Waals surface area contributed by atoms with Gasteiger partial charge >= 0.3 is 0 Å². The van der Waals surface area contributed by atoms with Gasteiger partial charge < -0.3 is 14.2 Å². The van der Waals surface area contributed by atoms with Gasteiger partial charge in [0.15, 0.2) is 11.6 Å².